The lowest BCUT2D eigenvalue weighted by molar-refractivity contribution is -0.113. The van der Waals surface area contributed by atoms with Crippen molar-refractivity contribution in [3.05, 3.63) is 23.8 Å². The second-order valence-corrected chi connectivity index (χ2v) is 2.68. The van der Waals surface area contributed by atoms with Crippen molar-refractivity contribution in [1.29, 1.82) is 5.26 Å². The van der Waals surface area contributed by atoms with Gasteiger partial charge in [0.05, 0.1) is 12.0 Å². The molecule has 0 aromatic heterocycles. The van der Waals surface area contributed by atoms with Gasteiger partial charge in [0.1, 0.15) is 0 Å². The van der Waals surface area contributed by atoms with Crippen LogP contribution in [0.5, 0.6) is 0 Å². The molecule has 0 radical (unpaired) electrons. The van der Waals surface area contributed by atoms with Gasteiger partial charge in [0, 0.05) is 5.57 Å². The van der Waals surface area contributed by atoms with E-state index >= 15 is 0 Å². The number of allylic oxidation sites excluding steroid dienone is 4. The van der Waals surface area contributed by atoms with Crippen LogP contribution in [0.3, 0.4) is 0 Å². The minimum absolute atomic E-state index is 0.309. The van der Waals surface area contributed by atoms with Gasteiger partial charge in [0.25, 0.3) is 0 Å². The molecule has 0 aromatic carbocycles. The first-order valence-corrected chi connectivity index (χ1v) is 3.58. The molecule has 0 saturated heterocycles. The van der Waals surface area contributed by atoms with Crippen molar-refractivity contribution < 1.29 is 4.79 Å². The maximum atomic E-state index is 10.6. The van der Waals surface area contributed by atoms with E-state index in [0.29, 0.717) is 12.0 Å². The Hall–Kier alpha value is -1.07. The van der Waals surface area contributed by atoms with E-state index in [0.717, 1.165) is 0 Å². The topological polar surface area (TPSA) is 40.9 Å². The highest BCUT2D eigenvalue weighted by Crippen LogP contribution is 2.19. The lowest BCUT2D eigenvalue weighted by atomic mass is 9.96. The summed E-state index contributed by atoms with van der Waals surface area (Å²) in [7, 11) is 0. The Kier molecular flexibility index (Phi) is 2.45. The highest BCUT2D eigenvalue weighted by molar-refractivity contribution is 6.64. The Morgan fingerprint density at radius 1 is 1.82 bits per heavy atom. The average Bonchev–Trinajstić information content (AvgIpc) is 2.05. The third-order valence-corrected chi connectivity index (χ3v) is 1.80. The SMILES string of the molecule is N#CC1=CC=CC(C(=O)Cl)C1. The zero-order chi connectivity index (χ0) is 8.27. The molecule has 0 saturated carbocycles. The third kappa shape index (κ3) is 1.92. The smallest absolute Gasteiger partial charge is 0.228 e. The van der Waals surface area contributed by atoms with Gasteiger partial charge in [-0.25, -0.2) is 0 Å². The van der Waals surface area contributed by atoms with Gasteiger partial charge in [0.2, 0.25) is 5.24 Å². The number of carbonyl (C=O) groups excluding carboxylic acids is 1. The van der Waals surface area contributed by atoms with Crippen molar-refractivity contribution in [3.63, 3.8) is 0 Å². The number of hydrogen-bond donors (Lipinski definition) is 0. The van der Waals surface area contributed by atoms with Gasteiger partial charge in [-0.2, -0.15) is 5.26 Å². The molecule has 3 heteroatoms. The second-order valence-electron chi connectivity index (χ2n) is 2.30. The van der Waals surface area contributed by atoms with Gasteiger partial charge < -0.3 is 0 Å². The molecular weight excluding hydrogens is 162 g/mol. The molecule has 1 atom stereocenters. The summed E-state index contributed by atoms with van der Waals surface area (Å²) >= 11 is 5.25. The lowest BCUT2D eigenvalue weighted by Crippen LogP contribution is -2.08. The molecule has 11 heavy (non-hydrogen) atoms. The van der Waals surface area contributed by atoms with Crippen molar-refractivity contribution >= 4 is 16.8 Å². The first-order valence-electron chi connectivity index (χ1n) is 3.21. The molecule has 2 nitrogen and oxygen atoms in total. The molecule has 0 aromatic rings. The molecule has 1 unspecified atom stereocenters. The highest BCUT2D eigenvalue weighted by atomic mass is 35.5. The lowest BCUT2D eigenvalue weighted by Gasteiger charge is -2.08. The molecule has 0 fully saturated rings. The summed E-state index contributed by atoms with van der Waals surface area (Å²) in [6.45, 7) is 0. The van der Waals surface area contributed by atoms with Crippen molar-refractivity contribution in [2.45, 2.75) is 6.42 Å². The normalized spacial score (nSPS) is 22.2. The van der Waals surface area contributed by atoms with Gasteiger partial charge >= 0.3 is 0 Å². The zero-order valence-corrected chi connectivity index (χ0v) is 6.51. The molecule has 1 rings (SSSR count). The Morgan fingerprint density at radius 3 is 3.09 bits per heavy atom. The number of nitriles is 1. The first kappa shape index (κ1) is 8.03. The zero-order valence-electron chi connectivity index (χ0n) is 5.75. The van der Waals surface area contributed by atoms with Crippen LogP contribution in [0.4, 0.5) is 0 Å². The average molecular weight is 168 g/mol. The second kappa shape index (κ2) is 3.36. The quantitative estimate of drug-likeness (QED) is 0.559. The van der Waals surface area contributed by atoms with Crippen LogP contribution in [0.15, 0.2) is 23.8 Å². The van der Waals surface area contributed by atoms with Crippen LogP contribution in [0.25, 0.3) is 0 Å². The Morgan fingerprint density at radius 2 is 2.55 bits per heavy atom. The summed E-state index contributed by atoms with van der Waals surface area (Å²) in [6, 6.07) is 1.99. The molecule has 0 bridgehead atoms. The maximum Gasteiger partial charge on any atom is 0.228 e. The molecule has 0 N–H and O–H groups in total. The molecular formula is C8H6ClNO. The van der Waals surface area contributed by atoms with Crippen molar-refractivity contribution in [1.82, 2.24) is 0 Å². The molecule has 0 heterocycles. The van der Waals surface area contributed by atoms with E-state index in [-0.39, 0.29) is 5.92 Å². The van der Waals surface area contributed by atoms with E-state index in [4.69, 9.17) is 16.9 Å². The van der Waals surface area contributed by atoms with Crippen LogP contribution in [-0.2, 0) is 4.79 Å². The van der Waals surface area contributed by atoms with Crippen molar-refractivity contribution in [2.75, 3.05) is 0 Å². The Bertz CT molecular complexity index is 272. The van der Waals surface area contributed by atoms with Gasteiger partial charge in [-0.3, -0.25) is 4.79 Å². The summed E-state index contributed by atoms with van der Waals surface area (Å²) in [6.07, 6.45) is 5.52. The molecule has 56 valence electrons. The first-order chi connectivity index (χ1) is 5.24. The van der Waals surface area contributed by atoms with Crippen molar-refractivity contribution in [2.24, 2.45) is 5.92 Å². The van der Waals surface area contributed by atoms with E-state index in [1.165, 1.54) is 0 Å². The fraction of sp³-hybridized carbons (Fsp3) is 0.250. The molecule has 0 spiro atoms. The van der Waals surface area contributed by atoms with Crippen LogP contribution in [0.1, 0.15) is 6.42 Å². The molecule has 0 aliphatic heterocycles. The summed E-state index contributed by atoms with van der Waals surface area (Å²) in [5.41, 5.74) is 0.603. The summed E-state index contributed by atoms with van der Waals surface area (Å²) in [5.74, 6) is -0.309. The van der Waals surface area contributed by atoms with Crippen LogP contribution in [0, 0.1) is 17.2 Å². The summed E-state index contributed by atoms with van der Waals surface area (Å²) in [4.78, 5) is 10.6. The standard InChI is InChI=1S/C8H6ClNO/c9-8(11)7-3-1-2-6(4-7)5-10/h1-3,7H,4H2. The fourth-order valence-corrected chi connectivity index (χ4v) is 1.07. The number of nitrogens with zero attached hydrogens (tertiary/aromatic N) is 1. The van der Waals surface area contributed by atoms with Crippen LogP contribution < -0.4 is 0 Å². The van der Waals surface area contributed by atoms with Crippen LogP contribution in [-0.4, -0.2) is 5.24 Å². The van der Waals surface area contributed by atoms with E-state index in [9.17, 15) is 4.79 Å². The minimum Gasteiger partial charge on any atom is -0.281 e. The Balaban J connectivity index is 2.71. The van der Waals surface area contributed by atoms with E-state index in [1.807, 2.05) is 6.07 Å². The number of carbonyl (C=O) groups is 1. The van der Waals surface area contributed by atoms with E-state index in [1.54, 1.807) is 18.2 Å². The van der Waals surface area contributed by atoms with Crippen LogP contribution in [0.2, 0.25) is 0 Å². The van der Waals surface area contributed by atoms with Gasteiger partial charge in [-0.15, -0.1) is 0 Å². The number of halogens is 1. The molecule has 0 amide bonds. The van der Waals surface area contributed by atoms with Gasteiger partial charge in [0.15, 0.2) is 0 Å². The number of rotatable bonds is 1. The predicted octanol–water partition coefficient (Wildman–Crippen LogP) is 1.78. The van der Waals surface area contributed by atoms with Gasteiger partial charge in [-0.05, 0) is 24.1 Å². The van der Waals surface area contributed by atoms with Crippen LogP contribution >= 0.6 is 11.6 Å². The summed E-state index contributed by atoms with van der Waals surface area (Å²) < 4.78 is 0. The van der Waals surface area contributed by atoms with Crippen molar-refractivity contribution in [3.8, 4) is 6.07 Å². The number of hydrogen-bond acceptors (Lipinski definition) is 2. The minimum atomic E-state index is -0.401. The highest BCUT2D eigenvalue weighted by Gasteiger charge is 2.16. The van der Waals surface area contributed by atoms with E-state index < -0.39 is 5.24 Å². The predicted molar refractivity (Wildman–Crippen MR) is 41.8 cm³/mol. The third-order valence-electron chi connectivity index (χ3n) is 1.52. The summed E-state index contributed by atoms with van der Waals surface area (Å²) in [5, 5.41) is 8.08. The fourth-order valence-electron chi connectivity index (χ4n) is 0.918. The Labute approximate surface area is 69.8 Å². The molecule has 1 aliphatic rings. The van der Waals surface area contributed by atoms with Gasteiger partial charge in [-0.1, -0.05) is 12.2 Å². The van der Waals surface area contributed by atoms with E-state index in [2.05, 4.69) is 0 Å². The largest absolute Gasteiger partial charge is 0.281 e. The maximum absolute atomic E-state index is 10.6. The molecule has 1 aliphatic carbocycles. The monoisotopic (exact) mass is 167 g/mol.